The summed E-state index contributed by atoms with van der Waals surface area (Å²) >= 11 is 1.96. The number of nitrogens with zero attached hydrogens (tertiary/aromatic N) is 2. The molecule has 0 atom stereocenters. The highest BCUT2D eigenvalue weighted by atomic mass is 32.1. The van der Waals surface area contributed by atoms with Crippen LogP contribution >= 0.6 is 11.3 Å². The van der Waals surface area contributed by atoms with Gasteiger partial charge in [-0.2, -0.15) is 0 Å². The van der Waals surface area contributed by atoms with Gasteiger partial charge in [0.25, 0.3) is 0 Å². The van der Waals surface area contributed by atoms with Crippen LogP contribution in [0, 0.1) is 0 Å². The first-order chi connectivity index (χ1) is 29.5. The van der Waals surface area contributed by atoms with E-state index < -0.39 is 8.07 Å². The molecule has 0 spiro atoms. The fourth-order valence-electron chi connectivity index (χ4n) is 11.5. The van der Waals surface area contributed by atoms with E-state index in [0.717, 1.165) is 0 Å². The Morgan fingerprint density at radius 2 is 1.16 bits per heavy atom. The molecule has 0 bridgehead atoms. The van der Waals surface area contributed by atoms with E-state index in [4.69, 9.17) is 0 Å². The van der Waals surface area contributed by atoms with E-state index in [9.17, 15) is 0 Å². The van der Waals surface area contributed by atoms with Crippen molar-refractivity contribution < 1.29 is 0 Å². The Morgan fingerprint density at radius 1 is 0.508 bits per heavy atom. The number of hydrogen-bond acceptors (Lipinski definition) is 2. The van der Waals surface area contributed by atoms with Crippen molar-refractivity contribution in [3.8, 4) is 11.1 Å². The third-order valence-corrected chi connectivity index (χ3v) is 20.3. The number of para-hydroxylation sites is 2. The van der Waals surface area contributed by atoms with Gasteiger partial charge in [-0.25, -0.2) is 0 Å². The molecular weight excluding hydrogens is 772 g/mol. The van der Waals surface area contributed by atoms with Crippen molar-refractivity contribution in [3.63, 3.8) is 0 Å². The summed E-state index contributed by atoms with van der Waals surface area (Å²) in [4.78, 5) is 2.74. The summed E-state index contributed by atoms with van der Waals surface area (Å²) in [5.41, 5.74) is 14.9. The molecule has 0 aliphatic carbocycles. The molecule has 0 fully saturated rings. The van der Waals surface area contributed by atoms with Gasteiger partial charge in [0, 0.05) is 54.2 Å². The first-order valence-corrected chi connectivity index (χ1v) is 24.6. The number of hydrogen-bond donors (Lipinski definition) is 0. The molecule has 0 saturated carbocycles. The van der Waals surface area contributed by atoms with Crippen LogP contribution in [-0.2, 0) is 10.8 Å². The number of thiophene rings is 1. The van der Waals surface area contributed by atoms with Crippen LogP contribution in [-0.4, -0.2) is 19.4 Å². The molecule has 5 heteroatoms. The molecule has 0 saturated heterocycles. The lowest BCUT2D eigenvalue weighted by Gasteiger charge is -2.49. The molecule has 0 amide bonds. The topological polar surface area (TPSA) is 8.17 Å². The Bertz CT molecular complexity index is 3470. The second-order valence-corrected chi connectivity index (χ2v) is 24.4. The molecule has 0 unspecified atom stereocenters. The molecule has 0 N–H and O–H groups in total. The maximum absolute atomic E-state index is 2.87. The average Bonchev–Trinajstić information content (AvgIpc) is 3.81. The maximum atomic E-state index is 2.77. The molecule has 8 aromatic carbocycles. The van der Waals surface area contributed by atoms with Crippen molar-refractivity contribution in [2.24, 2.45) is 0 Å². The molecule has 2 aromatic heterocycles. The van der Waals surface area contributed by atoms with Crippen molar-refractivity contribution in [3.05, 3.63) is 175 Å². The van der Waals surface area contributed by atoms with Crippen molar-refractivity contribution in [1.29, 1.82) is 0 Å². The van der Waals surface area contributed by atoms with Gasteiger partial charge in [0.15, 0.2) is 8.07 Å². The number of fused-ring (bicyclic) bond motifs is 13. The zero-order chi connectivity index (χ0) is 41.2. The van der Waals surface area contributed by atoms with Crippen LogP contribution in [0.1, 0.15) is 52.7 Å². The second-order valence-electron chi connectivity index (χ2n) is 19.7. The quantitative estimate of drug-likeness (QED) is 0.158. The average molecular weight is 817 g/mol. The number of aromatic nitrogens is 1. The minimum atomic E-state index is -2.87. The second kappa shape index (κ2) is 12.0. The molecule has 13 rings (SSSR count). The maximum Gasteiger partial charge on any atom is 0.333 e. The van der Waals surface area contributed by atoms with Crippen molar-refractivity contribution in [2.75, 3.05) is 4.90 Å². The molecule has 3 aliphatic heterocycles. The van der Waals surface area contributed by atoms with Gasteiger partial charge in [0.05, 0.1) is 10.4 Å². The third-order valence-electron chi connectivity index (χ3n) is 14.3. The highest BCUT2D eigenvalue weighted by Crippen LogP contribution is 2.52. The largest absolute Gasteiger partial charge is 0.375 e. The number of benzene rings is 8. The summed E-state index contributed by atoms with van der Waals surface area (Å²) in [6.45, 7) is 14.1. The third kappa shape index (κ3) is 4.53. The van der Waals surface area contributed by atoms with Gasteiger partial charge in [-0.3, -0.25) is 0 Å². The van der Waals surface area contributed by atoms with Crippen LogP contribution in [0.15, 0.2) is 164 Å². The molecule has 0 radical (unpaired) electrons. The standard InChI is InChI=1S/C56H45BN2SSi/c1-55(2,3)34-28-29-45-39(30-34)41-31-35(56(4,5)6)32-42-40-33-43-38-22-13-15-25-47(38)60-54(43)53-50(40)57(59(45)51(41)42)44-23-17-27-49-52(44)58(53)46-24-14-16-26-48(46)61(49,36-18-9-7-10-19-36)37-20-11-8-12-21-37/h7-33H,1-6H3. The Hall–Kier alpha value is -6.14. The summed E-state index contributed by atoms with van der Waals surface area (Å²) in [6, 6.07) is 63.9. The van der Waals surface area contributed by atoms with E-state index in [1.807, 2.05) is 11.3 Å². The van der Waals surface area contributed by atoms with Crippen LogP contribution in [0.5, 0.6) is 0 Å². The lowest BCUT2D eigenvalue weighted by molar-refractivity contribution is 0.590. The Balaban J connectivity index is 1.27. The van der Waals surface area contributed by atoms with E-state index in [2.05, 4.69) is 215 Å². The zero-order valence-electron chi connectivity index (χ0n) is 35.5. The molecule has 5 heterocycles. The predicted molar refractivity (Wildman–Crippen MR) is 267 cm³/mol. The van der Waals surface area contributed by atoms with Crippen LogP contribution in [0.3, 0.4) is 0 Å². The summed E-state index contributed by atoms with van der Waals surface area (Å²) in [7, 11) is -2.87. The summed E-state index contributed by atoms with van der Waals surface area (Å²) in [6.07, 6.45) is 0. The Morgan fingerprint density at radius 3 is 1.90 bits per heavy atom. The van der Waals surface area contributed by atoms with Crippen LogP contribution < -0.4 is 36.6 Å². The van der Waals surface area contributed by atoms with Gasteiger partial charge >= 0.3 is 6.85 Å². The van der Waals surface area contributed by atoms with E-state index in [1.165, 1.54) is 113 Å². The monoisotopic (exact) mass is 816 g/mol. The van der Waals surface area contributed by atoms with E-state index in [0.29, 0.717) is 0 Å². The first kappa shape index (κ1) is 35.6. The highest BCUT2D eigenvalue weighted by molar-refractivity contribution is 7.27. The zero-order valence-corrected chi connectivity index (χ0v) is 37.3. The van der Waals surface area contributed by atoms with Crippen molar-refractivity contribution in [2.45, 2.75) is 52.4 Å². The number of anilines is 3. The van der Waals surface area contributed by atoms with E-state index in [1.54, 1.807) is 0 Å². The van der Waals surface area contributed by atoms with E-state index >= 15 is 0 Å². The minimum absolute atomic E-state index is 0.0227. The molecule has 61 heavy (non-hydrogen) atoms. The van der Waals surface area contributed by atoms with Gasteiger partial charge in [-0.05, 0) is 102 Å². The predicted octanol–water partition coefficient (Wildman–Crippen LogP) is 10.9. The minimum Gasteiger partial charge on any atom is -0.375 e. The normalized spacial score (nSPS) is 14.8. The fraction of sp³-hybridized carbons (Fsp3) is 0.143. The van der Waals surface area contributed by atoms with Crippen molar-refractivity contribution in [1.82, 2.24) is 4.48 Å². The molecule has 292 valence electrons. The SMILES string of the molecule is CC(C)(C)c1ccc2c(c1)c1cc(C(C)(C)C)cc3c1n2B1c2cccc4c2N(c2ccccc2[Si]4(c2ccccc2)c2ccccc2)c2c1c-3cc1c2sc2ccccc21. The summed E-state index contributed by atoms with van der Waals surface area (Å²) < 4.78 is 5.47. The smallest absolute Gasteiger partial charge is 0.333 e. The Kier molecular flexibility index (Phi) is 7.02. The van der Waals surface area contributed by atoms with Crippen LogP contribution in [0.2, 0.25) is 0 Å². The lowest BCUT2D eigenvalue weighted by atomic mass is 9.45. The Labute approximate surface area is 362 Å². The molecule has 3 aliphatic rings. The first-order valence-electron chi connectivity index (χ1n) is 21.8. The lowest BCUT2D eigenvalue weighted by Crippen LogP contribution is -2.78. The van der Waals surface area contributed by atoms with Crippen LogP contribution in [0.25, 0.3) is 53.1 Å². The summed E-state index contributed by atoms with van der Waals surface area (Å²) in [5, 5.41) is 11.1. The van der Waals surface area contributed by atoms with Crippen LogP contribution in [0.4, 0.5) is 17.1 Å². The van der Waals surface area contributed by atoms with Gasteiger partial charge < -0.3 is 9.38 Å². The van der Waals surface area contributed by atoms with Crippen molar-refractivity contribution >= 4 is 117 Å². The van der Waals surface area contributed by atoms with Gasteiger partial charge in [-0.15, -0.1) is 11.3 Å². The summed E-state index contributed by atoms with van der Waals surface area (Å²) in [5.74, 6) is 0. The molecular formula is C56H45BN2SSi. The van der Waals surface area contributed by atoms with Gasteiger partial charge in [0.2, 0.25) is 0 Å². The highest BCUT2D eigenvalue weighted by Gasteiger charge is 2.54. The molecule has 2 nitrogen and oxygen atoms in total. The van der Waals surface area contributed by atoms with Gasteiger partial charge in [0.1, 0.15) is 0 Å². The number of rotatable bonds is 2. The fourth-order valence-corrected chi connectivity index (χ4v) is 17.9. The molecule has 10 aromatic rings. The van der Waals surface area contributed by atoms with E-state index in [-0.39, 0.29) is 17.7 Å². The van der Waals surface area contributed by atoms with Gasteiger partial charge in [-0.1, -0.05) is 163 Å².